The van der Waals surface area contributed by atoms with Gasteiger partial charge in [0.2, 0.25) is 0 Å². The molecule has 0 unspecified atom stereocenters. The van der Waals surface area contributed by atoms with Gasteiger partial charge < -0.3 is 4.98 Å². The zero-order valence-corrected chi connectivity index (χ0v) is 13.6. The maximum absolute atomic E-state index is 12.6. The number of anilines is 1. The predicted molar refractivity (Wildman–Crippen MR) is 89.8 cm³/mol. The lowest BCUT2D eigenvalue weighted by atomic mass is 10.1. The molecule has 2 aromatic carbocycles. The summed E-state index contributed by atoms with van der Waals surface area (Å²) in [5.41, 5.74) is 4.25. The molecule has 0 radical (unpaired) electrons. The molecule has 0 aliphatic heterocycles. The Labute approximate surface area is 130 Å². The second kappa shape index (κ2) is 5.18. The Kier molecular flexibility index (Phi) is 3.45. The van der Waals surface area contributed by atoms with Crippen LogP contribution in [0.3, 0.4) is 0 Å². The summed E-state index contributed by atoms with van der Waals surface area (Å²) in [6.07, 6.45) is 1.83. The van der Waals surface area contributed by atoms with Gasteiger partial charge in [0, 0.05) is 11.7 Å². The number of sulfonamides is 1. The largest absolute Gasteiger partial charge is 0.361 e. The van der Waals surface area contributed by atoms with E-state index in [0.717, 1.165) is 27.6 Å². The van der Waals surface area contributed by atoms with Crippen molar-refractivity contribution in [3.63, 3.8) is 0 Å². The summed E-state index contributed by atoms with van der Waals surface area (Å²) in [5.74, 6) is 0. The van der Waals surface area contributed by atoms with Gasteiger partial charge in [0.25, 0.3) is 10.0 Å². The molecule has 0 fully saturated rings. The van der Waals surface area contributed by atoms with Crippen LogP contribution in [0.25, 0.3) is 10.9 Å². The van der Waals surface area contributed by atoms with Crippen LogP contribution in [-0.2, 0) is 10.0 Å². The third-order valence-electron chi connectivity index (χ3n) is 3.89. The standard InChI is InChI=1S/C17H18N2O2S/c1-11-8-13(3)17(9-12(11)2)22(20,21)19-15-5-4-14-6-7-18-16(14)10-15/h4-10,18-19H,1-3H3. The van der Waals surface area contributed by atoms with Crippen molar-refractivity contribution < 1.29 is 8.42 Å². The Balaban J connectivity index is 2.01. The fourth-order valence-corrected chi connectivity index (χ4v) is 3.91. The third-order valence-corrected chi connectivity index (χ3v) is 5.41. The van der Waals surface area contributed by atoms with Crippen LogP contribution in [-0.4, -0.2) is 13.4 Å². The van der Waals surface area contributed by atoms with Crippen molar-refractivity contribution in [2.24, 2.45) is 0 Å². The van der Waals surface area contributed by atoms with Crippen molar-refractivity contribution in [3.05, 3.63) is 59.3 Å². The summed E-state index contributed by atoms with van der Waals surface area (Å²) in [7, 11) is -3.60. The molecule has 114 valence electrons. The molecule has 0 atom stereocenters. The van der Waals surface area contributed by atoms with E-state index in [2.05, 4.69) is 9.71 Å². The summed E-state index contributed by atoms with van der Waals surface area (Å²) >= 11 is 0. The highest BCUT2D eigenvalue weighted by Gasteiger charge is 2.18. The van der Waals surface area contributed by atoms with Gasteiger partial charge in [-0.1, -0.05) is 12.1 Å². The minimum atomic E-state index is -3.60. The summed E-state index contributed by atoms with van der Waals surface area (Å²) in [6, 6.07) is 11.0. The molecule has 5 heteroatoms. The molecule has 1 aromatic heterocycles. The molecular formula is C17H18N2O2S. The minimum absolute atomic E-state index is 0.321. The van der Waals surface area contributed by atoms with E-state index in [1.807, 2.05) is 45.2 Å². The number of aryl methyl sites for hydroxylation is 3. The zero-order valence-electron chi connectivity index (χ0n) is 12.8. The van der Waals surface area contributed by atoms with Crippen molar-refractivity contribution >= 4 is 26.6 Å². The number of rotatable bonds is 3. The van der Waals surface area contributed by atoms with E-state index in [4.69, 9.17) is 0 Å². The molecule has 3 aromatic rings. The smallest absolute Gasteiger partial charge is 0.262 e. The Hall–Kier alpha value is -2.27. The second-order valence-corrected chi connectivity index (χ2v) is 7.24. The first kappa shape index (κ1) is 14.7. The van der Waals surface area contributed by atoms with Gasteiger partial charge in [-0.15, -0.1) is 0 Å². The summed E-state index contributed by atoms with van der Waals surface area (Å²) in [6.45, 7) is 5.71. The molecule has 0 saturated heterocycles. The van der Waals surface area contributed by atoms with E-state index in [1.165, 1.54) is 0 Å². The lowest BCUT2D eigenvalue weighted by molar-refractivity contribution is 0.600. The maximum atomic E-state index is 12.6. The number of H-pyrrole nitrogens is 1. The highest BCUT2D eigenvalue weighted by Crippen LogP contribution is 2.24. The van der Waals surface area contributed by atoms with Crippen molar-refractivity contribution in [1.29, 1.82) is 0 Å². The van der Waals surface area contributed by atoms with E-state index in [1.54, 1.807) is 18.2 Å². The predicted octanol–water partition coefficient (Wildman–Crippen LogP) is 3.89. The molecule has 2 N–H and O–H groups in total. The average molecular weight is 314 g/mol. The molecule has 0 spiro atoms. The van der Waals surface area contributed by atoms with Gasteiger partial charge in [-0.05, 0) is 67.1 Å². The molecule has 0 saturated carbocycles. The summed E-state index contributed by atoms with van der Waals surface area (Å²) in [5, 5.41) is 1.05. The van der Waals surface area contributed by atoms with Gasteiger partial charge in [0.05, 0.1) is 10.6 Å². The molecule has 0 aliphatic rings. The Morgan fingerprint density at radius 1 is 0.909 bits per heavy atom. The first-order chi connectivity index (χ1) is 10.4. The number of fused-ring (bicyclic) bond motifs is 1. The van der Waals surface area contributed by atoms with E-state index >= 15 is 0 Å². The first-order valence-corrected chi connectivity index (χ1v) is 8.53. The Bertz CT molecular complexity index is 956. The maximum Gasteiger partial charge on any atom is 0.262 e. The number of hydrogen-bond acceptors (Lipinski definition) is 2. The average Bonchev–Trinajstić information content (AvgIpc) is 2.89. The third kappa shape index (κ3) is 2.60. The van der Waals surface area contributed by atoms with Gasteiger partial charge in [0.1, 0.15) is 0 Å². The summed E-state index contributed by atoms with van der Waals surface area (Å²) < 4.78 is 27.9. The van der Waals surface area contributed by atoms with Gasteiger partial charge in [-0.2, -0.15) is 0 Å². The molecule has 1 heterocycles. The normalized spacial score (nSPS) is 11.8. The molecule has 22 heavy (non-hydrogen) atoms. The lowest BCUT2D eigenvalue weighted by Gasteiger charge is -2.12. The highest BCUT2D eigenvalue weighted by atomic mass is 32.2. The molecule has 0 bridgehead atoms. The van der Waals surface area contributed by atoms with Crippen LogP contribution in [0.5, 0.6) is 0 Å². The van der Waals surface area contributed by atoms with Gasteiger partial charge >= 0.3 is 0 Å². The second-order valence-electron chi connectivity index (χ2n) is 5.59. The van der Waals surface area contributed by atoms with Crippen LogP contribution in [0.2, 0.25) is 0 Å². The van der Waals surface area contributed by atoms with E-state index < -0.39 is 10.0 Å². The van der Waals surface area contributed by atoms with Crippen molar-refractivity contribution in [1.82, 2.24) is 4.98 Å². The Morgan fingerprint density at radius 2 is 1.64 bits per heavy atom. The quantitative estimate of drug-likeness (QED) is 0.770. The number of aromatic nitrogens is 1. The van der Waals surface area contributed by atoms with E-state index in [0.29, 0.717) is 10.6 Å². The molecule has 0 amide bonds. The first-order valence-electron chi connectivity index (χ1n) is 7.04. The lowest BCUT2D eigenvalue weighted by Crippen LogP contribution is -2.14. The van der Waals surface area contributed by atoms with E-state index in [9.17, 15) is 8.42 Å². The van der Waals surface area contributed by atoms with Crippen LogP contribution in [0.4, 0.5) is 5.69 Å². The van der Waals surface area contributed by atoms with Crippen LogP contribution in [0.15, 0.2) is 47.5 Å². The number of hydrogen-bond donors (Lipinski definition) is 2. The van der Waals surface area contributed by atoms with Gasteiger partial charge in [-0.3, -0.25) is 4.72 Å². The van der Waals surface area contributed by atoms with Gasteiger partial charge in [0.15, 0.2) is 0 Å². The SMILES string of the molecule is Cc1cc(C)c(S(=O)(=O)Nc2ccc3cc[nH]c3c2)cc1C. The fourth-order valence-electron chi connectivity index (χ4n) is 2.55. The highest BCUT2D eigenvalue weighted by molar-refractivity contribution is 7.92. The van der Waals surface area contributed by atoms with E-state index in [-0.39, 0.29) is 0 Å². The monoisotopic (exact) mass is 314 g/mol. The molecule has 4 nitrogen and oxygen atoms in total. The van der Waals surface area contributed by atoms with Crippen LogP contribution in [0, 0.1) is 20.8 Å². The zero-order chi connectivity index (χ0) is 15.9. The molecular weight excluding hydrogens is 296 g/mol. The van der Waals surface area contributed by atoms with Crippen LogP contribution >= 0.6 is 0 Å². The topological polar surface area (TPSA) is 62.0 Å². The minimum Gasteiger partial charge on any atom is -0.361 e. The number of nitrogens with one attached hydrogen (secondary N) is 2. The molecule has 3 rings (SSSR count). The van der Waals surface area contributed by atoms with Crippen LogP contribution < -0.4 is 4.72 Å². The van der Waals surface area contributed by atoms with Crippen molar-refractivity contribution in [3.8, 4) is 0 Å². The number of benzene rings is 2. The molecule has 0 aliphatic carbocycles. The van der Waals surface area contributed by atoms with Crippen molar-refractivity contribution in [2.75, 3.05) is 4.72 Å². The van der Waals surface area contributed by atoms with Crippen molar-refractivity contribution in [2.45, 2.75) is 25.7 Å². The van der Waals surface area contributed by atoms with Crippen LogP contribution in [0.1, 0.15) is 16.7 Å². The number of aromatic amines is 1. The summed E-state index contributed by atoms with van der Waals surface area (Å²) in [4.78, 5) is 3.40. The van der Waals surface area contributed by atoms with Gasteiger partial charge in [-0.25, -0.2) is 8.42 Å². The Morgan fingerprint density at radius 3 is 2.41 bits per heavy atom. The fraction of sp³-hybridized carbons (Fsp3) is 0.176.